The molecule has 0 aliphatic rings. The smallest absolute Gasteiger partial charge is 0.270 e. The number of hydrogen-bond donors (Lipinski definition) is 2. The Kier molecular flexibility index (Phi) is 6.86. The average molecular weight is 348 g/mol. The van der Waals surface area contributed by atoms with Crippen LogP contribution in [0.15, 0.2) is 23.6 Å². The number of nitrogens with two attached hydrogens (primary N) is 1. The summed E-state index contributed by atoms with van der Waals surface area (Å²) in [5.74, 6) is -1.78. The van der Waals surface area contributed by atoms with Gasteiger partial charge in [0, 0.05) is 18.0 Å². The number of nitrogens with zero attached hydrogens (tertiary/aromatic N) is 1. The van der Waals surface area contributed by atoms with Gasteiger partial charge in [-0.1, -0.05) is 6.07 Å². The molecule has 1 aromatic heterocycles. The zero-order valence-corrected chi connectivity index (χ0v) is 13.4. The van der Waals surface area contributed by atoms with Gasteiger partial charge in [-0.3, -0.25) is 4.79 Å². The van der Waals surface area contributed by atoms with Crippen molar-refractivity contribution in [3.63, 3.8) is 0 Å². The highest BCUT2D eigenvalue weighted by atomic mass is 35.5. The predicted octanol–water partition coefficient (Wildman–Crippen LogP) is 2.98. The summed E-state index contributed by atoms with van der Waals surface area (Å²) in [5, 5.41) is 4.28. The zero-order chi connectivity index (χ0) is 15.4. The van der Waals surface area contributed by atoms with Gasteiger partial charge in [0.2, 0.25) is 0 Å². The molecule has 2 aromatic rings. The van der Waals surface area contributed by atoms with Gasteiger partial charge in [0.25, 0.3) is 5.91 Å². The van der Waals surface area contributed by atoms with E-state index < -0.39 is 11.6 Å². The molecule has 0 saturated heterocycles. The fourth-order valence-corrected chi connectivity index (χ4v) is 2.55. The van der Waals surface area contributed by atoms with Crippen LogP contribution in [-0.4, -0.2) is 23.5 Å². The lowest BCUT2D eigenvalue weighted by Crippen LogP contribution is -2.29. The van der Waals surface area contributed by atoms with Crippen LogP contribution in [0.25, 0.3) is 10.6 Å². The van der Waals surface area contributed by atoms with E-state index in [0.29, 0.717) is 13.0 Å². The number of benzene rings is 1. The molecule has 1 heterocycles. The molecule has 1 aromatic carbocycles. The first kappa shape index (κ1) is 18.5. The maximum absolute atomic E-state index is 13.7. The SMILES string of the molecule is CC(N)CCNC(=O)c1csc(-c2c(F)cccc2F)n1.Cl. The minimum absolute atomic E-state index is 0. The Hall–Kier alpha value is -1.57. The first-order chi connectivity index (χ1) is 9.99. The quantitative estimate of drug-likeness (QED) is 0.873. The van der Waals surface area contributed by atoms with Gasteiger partial charge in [-0.15, -0.1) is 23.7 Å². The molecule has 1 amide bonds. The number of carbonyl (C=O) groups excluding carboxylic acids is 1. The summed E-state index contributed by atoms with van der Waals surface area (Å²) in [4.78, 5) is 15.8. The molecule has 2 rings (SSSR count). The zero-order valence-electron chi connectivity index (χ0n) is 11.8. The molecule has 1 unspecified atom stereocenters. The van der Waals surface area contributed by atoms with Crippen molar-refractivity contribution in [1.82, 2.24) is 10.3 Å². The van der Waals surface area contributed by atoms with Gasteiger partial charge < -0.3 is 11.1 Å². The molecular weight excluding hydrogens is 332 g/mol. The average Bonchev–Trinajstić information content (AvgIpc) is 2.87. The van der Waals surface area contributed by atoms with Gasteiger partial charge in [-0.05, 0) is 25.5 Å². The molecule has 0 spiro atoms. The molecule has 0 fully saturated rings. The third-order valence-corrected chi connectivity index (χ3v) is 3.66. The second-order valence-electron chi connectivity index (χ2n) is 4.66. The topological polar surface area (TPSA) is 68.0 Å². The number of amides is 1. The number of nitrogens with one attached hydrogen (secondary N) is 1. The summed E-state index contributed by atoms with van der Waals surface area (Å²) in [7, 11) is 0. The van der Waals surface area contributed by atoms with Crippen LogP contribution in [-0.2, 0) is 0 Å². The number of thiazole rings is 1. The molecule has 0 radical (unpaired) electrons. The largest absolute Gasteiger partial charge is 0.351 e. The van der Waals surface area contributed by atoms with Gasteiger partial charge >= 0.3 is 0 Å². The highest BCUT2D eigenvalue weighted by molar-refractivity contribution is 7.13. The van der Waals surface area contributed by atoms with Gasteiger partial charge in [0.05, 0.1) is 5.56 Å². The highest BCUT2D eigenvalue weighted by Gasteiger charge is 2.17. The third-order valence-electron chi connectivity index (χ3n) is 2.80. The fraction of sp³-hybridized carbons (Fsp3) is 0.286. The molecular formula is C14H16ClF2N3OS. The van der Waals surface area contributed by atoms with Crippen LogP contribution in [0.1, 0.15) is 23.8 Å². The van der Waals surface area contributed by atoms with Crippen molar-refractivity contribution in [2.24, 2.45) is 5.73 Å². The van der Waals surface area contributed by atoms with E-state index in [4.69, 9.17) is 5.73 Å². The molecule has 3 N–H and O–H groups in total. The lowest BCUT2D eigenvalue weighted by molar-refractivity contribution is 0.0948. The fourth-order valence-electron chi connectivity index (χ4n) is 1.70. The van der Waals surface area contributed by atoms with Crippen molar-refractivity contribution in [3.8, 4) is 10.6 Å². The van der Waals surface area contributed by atoms with Crippen molar-refractivity contribution in [1.29, 1.82) is 0 Å². The number of aromatic nitrogens is 1. The van der Waals surface area contributed by atoms with Crippen LogP contribution in [0, 0.1) is 11.6 Å². The monoisotopic (exact) mass is 347 g/mol. The molecule has 22 heavy (non-hydrogen) atoms. The van der Waals surface area contributed by atoms with E-state index in [0.717, 1.165) is 23.5 Å². The second kappa shape index (κ2) is 8.17. The van der Waals surface area contributed by atoms with Crippen LogP contribution >= 0.6 is 23.7 Å². The molecule has 0 aliphatic carbocycles. The van der Waals surface area contributed by atoms with Crippen molar-refractivity contribution in [2.45, 2.75) is 19.4 Å². The second-order valence-corrected chi connectivity index (χ2v) is 5.51. The lowest BCUT2D eigenvalue weighted by atomic mass is 10.2. The molecule has 0 aliphatic heterocycles. The number of hydrogen-bond acceptors (Lipinski definition) is 4. The summed E-state index contributed by atoms with van der Waals surface area (Å²) < 4.78 is 27.3. The summed E-state index contributed by atoms with van der Waals surface area (Å²) in [6.45, 7) is 2.27. The molecule has 1 atom stereocenters. The summed E-state index contributed by atoms with van der Waals surface area (Å²) >= 11 is 1.02. The lowest BCUT2D eigenvalue weighted by Gasteiger charge is -2.05. The molecule has 0 saturated carbocycles. The number of halogens is 3. The van der Waals surface area contributed by atoms with E-state index in [1.165, 1.54) is 11.4 Å². The van der Waals surface area contributed by atoms with Crippen LogP contribution in [0.5, 0.6) is 0 Å². The highest BCUT2D eigenvalue weighted by Crippen LogP contribution is 2.28. The Labute approximate surface area is 137 Å². The Balaban J connectivity index is 0.00000242. The van der Waals surface area contributed by atoms with Crippen LogP contribution in [0.2, 0.25) is 0 Å². The van der Waals surface area contributed by atoms with Crippen molar-refractivity contribution >= 4 is 29.7 Å². The van der Waals surface area contributed by atoms with Crippen molar-refractivity contribution in [2.75, 3.05) is 6.54 Å². The standard InChI is InChI=1S/C14H15F2N3OS.ClH/c1-8(17)5-6-18-13(20)11-7-21-14(19-11)12-9(15)3-2-4-10(12)16;/h2-4,7-8H,5-6,17H2,1H3,(H,18,20);1H. The van der Waals surface area contributed by atoms with Crippen LogP contribution < -0.4 is 11.1 Å². The Morgan fingerprint density at radius 1 is 1.41 bits per heavy atom. The van der Waals surface area contributed by atoms with Crippen molar-refractivity contribution in [3.05, 3.63) is 40.9 Å². The minimum atomic E-state index is -0.701. The Morgan fingerprint density at radius 2 is 2.05 bits per heavy atom. The molecule has 120 valence electrons. The molecule has 4 nitrogen and oxygen atoms in total. The summed E-state index contributed by atoms with van der Waals surface area (Å²) in [6, 6.07) is 3.58. The van der Waals surface area contributed by atoms with Gasteiger partial charge in [-0.25, -0.2) is 13.8 Å². The Bertz CT molecular complexity index is 629. The van der Waals surface area contributed by atoms with Crippen LogP contribution in [0.4, 0.5) is 8.78 Å². The maximum Gasteiger partial charge on any atom is 0.270 e. The number of rotatable bonds is 5. The van der Waals surface area contributed by atoms with Crippen LogP contribution in [0.3, 0.4) is 0 Å². The van der Waals surface area contributed by atoms with E-state index in [9.17, 15) is 13.6 Å². The van der Waals surface area contributed by atoms with Gasteiger partial charge in [-0.2, -0.15) is 0 Å². The van der Waals surface area contributed by atoms with E-state index in [1.807, 2.05) is 6.92 Å². The van der Waals surface area contributed by atoms with Gasteiger partial charge in [0.1, 0.15) is 22.3 Å². The van der Waals surface area contributed by atoms with E-state index in [1.54, 1.807) is 0 Å². The first-order valence-corrected chi connectivity index (χ1v) is 7.30. The van der Waals surface area contributed by atoms with Gasteiger partial charge in [0.15, 0.2) is 0 Å². The first-order valence-electron chi connectivity index (χ1n) is 6.42. The number of carbonyl (C=O) groups is 1. The molecule has 8 heteroatoms. The molecule has 0 bridgehead atoms. The van der Waals surface area contributed by atoms with E-state index in [-0.39, 0.29) is 40.6 Å². The normalized spacial score (nSPS) is 11.6. The maximum atomic E-state index is 13.7. The van der Waals surface area contributed by atoms with E-state index in [2.05, 4.69) is 10.3 Å². The third kappa shape index (κ3) is 4.46. The predicted molar refractivity (Wildman–Crippen MR) is 85.3 cm³/mol. The summed E-state index contributed by atoms with van der Waals surface area (Å²) in [6.07, 6.45) is 0.644. The van der Waals surface area contributed by atoms with E-state index >= 15 is 0 Å². The summed E-state index contributed by atoms with van der Waals surface area (Å²) in [5.41, 5.74) is 5.51. The minimum Gasteiger partial charge on any atom is -0.351 e. The van der Waals surface area contributed by atoms with Crippen molar-refractivity contribution < 1.29 is 13.6 Å². The Morgan fingerprint density at radius 3 is 2.64 bits per heavy atom.